The Labute approximate surface area is 158 Å². The van der Waals surface area contributed by atoms with Crippen LogP contribution in [-0.2, 0) is 9.53 Å². The summed E-state index contributed by atoms with van der Waals surface area (Å²) in [4.78, 5) is 24.6. The Balaban J connectivity index is 1.56. The Morgan fingerprint density at radius 3 is 2.48 bits per heavy atom. The second kappa shape index (κ2) is 9.19. The molecule has 0 aromatic heterocycles. The van der Waals surface area contributed by atoms with Crippen molar-refractivity contribution < 1.29 is 19.4 Å². The molecule has 2 aromatic carbocycles. The molecule has 1 saturated carbocycles. The molecule has 1 aliphatic carbocycles. The van der Waals surface area contributed by atoms with Gasteiger partial charge >= 0.3 is 5.97 Å². The van der Waals surface area contributed by atoms with Gasteiger partial charge in [0.1, 0.15) is 0 Å². The molecule has 0 heterocycles. The smallest absolute Gasteiger partial charge is 0.340 e. The molecule has 1 fully saturated rings. The number of anilines is 1. The Bertz CT molecular complexity index is 775. The summed E-state index contributed by atoms with van der Waals surface area (Å²) in [5.41, 5.74) is 1.97. The van der Waals surface area contributed by atoms with Gasteiger partial charge < -0.3 is 20.5 Å². The van der Waals surface area contributed by atoms with Crippen LogP contribution in [0.2, 0.25) is 0 Å². The fraction of sp³-hybridized carbons (Fsp3) is 0.333. The van der Waals surface area contributed by atoms with Crippen LogP contribution >= 0.6 is 0 Å². The van der Waals surface area contributed by atoms with Crippen LogP contribution in [0.4, 0.5) is 5.69 Å². The van der Waals surface area contributed by atoms with E-state index in [9.17, 15) is 9.59 Å². The molecule has 142 valence electrons. The van der Waals surface area contributed by atoms with E-state index < -0.39 is 5.97 Å². The van der Waals surface area contributed by atoms with E-state index in [0.717, 1.165) is 18.4 Å². The molecule has 1 aliphatic rings. The molecule has 1 atom stereocenters. The van der Waals surface area contributed by atoms with E-state index in [1.165, 1.54) is 0 Å². The van der Waals surface area contributed by atoms with Crippen LogP contribution in [0.25, 0.3) is 0 Å². The van der Waals surface area contributed by atoms with Crippen LogP contribution in [0.3, 0.4) is 0 Å². The van der Waals surface area contributed by atoms with Crippen molar-refractivity contribution in [1.82, 2.24) is 5.32 Å². The third-order valence-corrected chi connectivity index (χ3v) is 4.48. The number of hydrogen-bond donors (Lipinski definition) is 3. The first-order chi connectivity index (χ1) is 13.2. The predicted octanol–water partition coefficient (Wildman–Crippen LogP) is 2.52. The molecule has 0 spiro atoms. The second-order valence-electron chi connectivity index (χ2n) is 6.57. The monoisotopic (exact) mass is 368 g/mol. The number of amides is 1. The number of aliphatic hydroxyl groups excluding tert-OH is 1. The van der Waals surface area contributed by atoms with Crippen molar-refractivity contribution in [1.29, 1.82) is 0 Å². The van der Waals surface area contributed by atoms with Crippen molar-refractivity contribution in [3.05, 3.63) is 65.7 Å². The molecule has 27 heavy (non-hydrogen) atoms. The Morgan fingerprint density at radius 2 is 1.78 bits per heavy atom. The van der Waals surface area contributed by atoms with Gasteiger partial charge in [0.2, 0.25) is 0 Å². The molecular weight excluding hydrogens is 344 g/mol. The highest BCUT2D eigenvalue weighted by atomic mass is 16.5. The van der Waals surface area contributed by atoms with E-state index in [1.54, 1.807) is 24.3 Å². The van der Waals surface area contributed by atoms with Crippen LogP contribution in [0.5, 0.6) is 0 Å². The van der Waals surface area contributed by atoms with Gasteiger partial charge in [-0.2, -0.15) is 0 Å². The number of hydrogen-bond acceptors (Lipinski definition) is 5. The lowest BCUT2D eigenvalue weighted by molar-refractivity contribution is -0.125. The zero-order chi connectivity index (χ0) is 19.1. The number of carbonyl (C=O) groups excluding carboxylic acids is 2. The third-order valence-electron chi connectivity index (χ3n) is 4.48. The molecule has 3 N–H and O–H groups in total. The molecule has 0 aliphatic heterocycles. The minimum absolute atomic E-state index is 0.0455. The molecule has 3 rings (SSSR count). The van der Waals surface area contributed by atoms with E-state index in [2.05, 4.69) is 10.6 Å². The normalized spacial score (nSPS) is 14.3. The number of carbonyl (C=O) groups is 2. The molecule has 1 amide bonds. The van der Waals surface area contributed by atoms with E-state index >= 15 is 0 Å². The molecular formula is C21H24N2O4. The SMILES string of the molecule is O=C(COC(=O)c1ccccc1NCCO)NC(c1ccccc1)C1CC1. The van der Waals surface area contributed by atoms with Gasteiger partial charge in [-0.15, -0.1) is 0 Å². The van der Waals surface area contributed by atoms with Gasteiger partial charge in [0.25, 0.3) is 5.91 Å². The highest BCUT2D eigenvalue weighted by Gasteiger charge is 2.33. The second-order valence-corrected chi connectivity index (χ2v) is 6.57. The fourth-order valence-electron chi connectivity index (χ4n) is 2.99. The number of rotatable bonds is 9. The molecule has 0 saturated heterocycles. The summed E-state index contributed by atoms with van der Waals surface area (Å²) in [6, 6.07) is 16.6. The lowest BCUT2D eigenvalue weighted by Gasteiger charge is -2.19. The number of para-hydroxylation sites is 1. The topological polar surface area (TPSA) is 87.7 Å². The lowest BCUT2D eigenvalue weighted by atomic mass is 10.0. The number of aliphatic hydroxyl groups is 1. The average Bonchev–Trinajstić information content (AvgIpc) is 3.54. The highest BCUT2D eigenvalue weighted by Crippen LogP contribution is 2.40. The first-order valence-corrected chi connectivity index (χ1v) is 9.14. The molecule has 0 radical (unpaired) electrons. The molecule has 6 nitrogen and oxygen atoms in total. The zero-order valence-corrected chi connectivity index (χ0v) is 15.1. The number of ether oxygens (including phenoxy) is 1. The van der Waals surface area contributed by atoms with E-state index in [4.69, 9.17) is 9.84 Å². The summed E-state index contributed by atoms with van der Waals surface area (Å²) in [5.74, 6) is -0.450. The maximum Gasteiger partial charge on any atom is 0.340 e. The standard InChI is InChI=1S/C21H24N2O4/c24-13-12-22-18-9-5-4-8-17(18)21(26)27-14-19(25)23-20(16-10-11-16)15-6-2-1-3-7-15/h1-9,16,20,22,24H,10-14H2,(H,23,25). The minimum atomic E-state index is -0.575. The summed E-state index contributed by atoms with van der Waals surface area (Å²) in [6.45, 7) is -0.0536. The quantitative estimate of drug-likeness (QED) is 0.592. The number of nitrogens with one attached hydrogen (secondary N) is 2. The van der Waals surface area contributed by atoms with Crippen molar-refractivity contribution in [2.45, 2.75) is 18.9 Å². The minimum Gasteiger partial charge on any atom is -0.452 e. The largest absolute Gasteiger partial charge is 0.452 e. The van der Waals surface area contributed by atoms with Crippen LogP contribution < -0.4 is 10.6 Å². The van der Waals surface area contributed by atoms with Crippen molar-refractivity contribution in [3.8, 4) is 0 Å². The van der Waals surface area contributed by atoms with Crippen LogP contribution in [0.1, 0.15) is 34.8 Å². The van der Waals surface area contributed by atoms with Crippen molar-refractivity contribution in [2.75, 3.05) is 25.1 Å². The molecule has 6 heteroatoms. The van der Waals surface area contributed by atoms with Gasteiger partial charge in [0.05, 0.1) is 18.2 Å². The maximum atomic E-state index is 12.3. The highest BCUT2D eigenvalue weighted by molar-refractivity contribution is 5.96. The van der Waals surface area contributed by atoms with Crippen molar-refractivity contribution in [3.63, 3.8) is 0 Å². The van der Waals surface area contributed by atoms with E-state index in [0.29, 0.717) is 23.7 Å². The average molecular weight is 368 g/mol. The first kappa shape index (κ1) is 18.9. The lowest BCUT2D eigenvalue weighted by Crippen LogP contribution is -2.33. The van der Waals surface area contributed by atoms with Crippen LogP contribution in [0, 0.1) is 5.92 Å². The Kier molecular flexibility index (Phi) is 6.44. The maximum absolute atomic E-state index is 12.3. The summed E-state index contributed by atoms with van der Waals surface area (Å²) < 4.78 is 5.19. The number of esters is 1. The van der Waals surface area contributed by atoms with Gasteiger partial charge in [-0.25, -0.2) is 4.79 Å². The van der Waals surface area contributed by atoms with E-state index in [-0.39, 0.29) is 25.2 Å². The summed E-state index contributed by atoms with van der Waals surface area (Å²) in [5, 5.41) is 14.9. The summed E-state index contributed by atoms with van der Waals surface area (Å²) in [7, 11) is 0. The van der Waals surface area contributed by atoms with Gasteiger partial charge in [-0.1, -0.05) is 42.5 Å². The first-order valence-electron chi connectivity index (χ1n) is 9.14. The molecule has 2 aromatic rings. The predicted molar refractivity (Wildman–Crippen MR) is 102 cm³/mol. The molecule has 1 unspecified atom stereocenters. The van der Waals surface area contributed by atoms with Crippen molar-refractivity contribution in [2.24, 2.45) is 5.92 Å². The van der Waals surface area contributed by atoms with Gasteiger partial charge in [-0.05, 0) is 36.5 Å². The zero-order valence-electron chi connectivity index (χ0n) is 15.1. The van der Waals surface area contributed by atoms with Gasteiger partial charge in [0, 0.05) is 12.2 Å². The summed E-state index contributed by atoms with van der Waals surface area (Å²) in [6.07, 6.45) is 2.17. The Morgan fingerprint density at radius 1 is 1.07 bits per heavy atom. The molecule has 0 bridgehead atoms. The van der Waals surface area contributed by atoms with Crippen molar-refractivity contribution >= 4 is 17.6 Å². The van der Waals surface area contributed by atoms with Gasteiger partial charge in [-0.3, -0.25) is 4.79 Å². The third kappa shape index (κ3) is 5.31. The van der Waals surface area contributed by atoms with Gasteiger partial charge in [0.15, 0.2) is 6.61 Å². The summed E-state index contributed by atoms with van der Waals surface area (Å²) >= 11 is 0. The van der Waals surface area contributed by atoms with E-state index in [1.807, 2.05) is 30.3 Å². The van der Waals surface area contributed by atoms with Crippen LogP contribution in [-0.4, -0.2) is 36.7 Å². The fourth-order valence-corrected chi connectivity index (χ4v) is 2.99. The van der Waals surface area contributed by atoms with Crippen LogP contribution in [0.15, 0.2) is 54.6 Å². The number of benzene rings is 2. The Hall–Kier alpha value is -2.86.